The molecule has 0 aromatic carbocycles. The molecule has 8 nitrogen and oxygen atoms in total. The Labute approximate surface area is 176 Å². The third-order valence-electron chi connectivity index (χ3n) is 3.99. The summed E-state index contributed by atoms with van der Waals surface area (Å²) in [6.07, 6.45) is 0. The van der Waals surface area contributed by atoms with Gasteiger partial charge in [-0.25, -0.2) is 19.8 Å². The largest absolute Gasteiger partial charge is 0.462 e. The Morgan fingerprint density at radius 2 is 2.07 bits per heavy atom. The number of hydrogen-bond donors (Lipinski definition) is 2. The lowest BCUT2D eigenvalue weighted by Gasteiger charge is -2.16. The van der Waals surface area contributed by atoms with Crippen molar-refractivity contribution in [1.82, 2.24) is 20.6 Å². The second-order valence-electron chi connectivity index (χ2n) is 6.63. The fourth-order valence-corrected chi connectivity index (χ4v) is 3.50. The number of esters is 1. The molecule has 2 aromatic rings. The third kappa shape index (κ3) is 6.42. The van der Waals surface area contributed by atoms with Gasteiger partial charge in [0.2, 0.25) is 0 Å². The first-order chi connectivity index (χ1) is 13.8. The molecule has 1 atom stereocenters. The first-order valence-corrected chi connectivity index (χ1v) is 10.5. The Bertz CT molecular complexity index is 849. The monoisotopic (exact) mass is 418 g/mol. The number of carbonyl (C=O) groups is 1. The summed E-state index contributed by atoms with van der Waals surface area (Å²) in [5.41, 5.74) is 1.57. The molecule has 2 heterocycles. The zero-order chi connectivity index (χ0) is 21.4. The normalized spacial score (nSPS) is 12.4. The third-order valence-corrected chi connectivity index (χ3v) is 5.31. The van der Waals surface area contributed by atoms with Crippen LogP contribution in [0.1, 0.15) is 52.9 Å². The number of rotatable bonds is 8. The first-order valence-electron chi connectivity index (χ1n) is 9.68. The predicted molar refractivity (Wildman–Crippen MR) is 118 cm³/mol. The minimum Gasteiger partial charge on any atom is -0.462 e. The van der Waals surface area contributed by atoms with Crippen LogP contribution in [0.3, 0.4) is 0 Å². The van der Waals surface area contributed by atoms with Crippen molar-refractivity contribution >= 4 is 29.1 Å². The van der Waals surface area contributed by atoms with Crippen LogP contribution in [-0.2, 0) is 11.3 Å². The van der Waals surface area contributed by atoms with Crippen LogP contribution in [0.25, 0.3) is 0 Å². The maximum Gasteiger partial charge on any atom is 0.350 e. The Balaban J connectivity index is 2.11. The summed E-state index contributed by atoms with van der Waals surface area (Å²) in [6.45, 7) is 9.15. The summed E-state index contributed by atoms with van der Waals surface area (Å²) in [6, 6.07) is 5.79. The first kappa shape index (κ1) is 22.6. The van der Waals surface area contributed by atoms with E-state index in [1.165, 1.54) is 11.3 Å². The van der Waals surface area contributed by atoms with Gasteiger partial charge in [0.05, 0.1) is 30.6 Å². The highest BCUT2D eigenvalue weighted by molar-refractivity contribution is 7.13. The molecule has 2 aromatic heterocycles. The van der Waals surface area contributed by atoms with Crippen LogP contribution in [0, 0.1) is 6.92 Å². The van der Waals surface area contributed by atoms with Gasteiger partial charge in [0.1, 0.15) is 15.7 Å². The predicted octanol–water partition coefficient (Wildman–Crippen LogP) is 2.91. The number of nitrogens with zero attached hydrogens (tertiary/aromatic N) is 4. The van der Waals surface area contributed by atoms with Crippen LogP contribution in [0.4, 0.5) is 5.82 Å². The molecule has 0 aliphatic rings. The molecule has 0 aliphatic carbocycles. The highest BCUT2D eigenvalue weighted by Gasteiger charge is 2.20. The molecule has 0 radical (unpaired) electrons. The van der Waals surface area contributed by atoms with Gasteiger partial charge < -0.3 is 20.3 Å². The van der Waals surface area contributed by atoms with Gasteiger partial charge in [-0.2, -0.15) is 0 Å². The average molecular weight is 419 g/mol. The summed E-state index contributed by atoms with van der Waals surface area (Å²) in [4.78, 5) is 28.3. The Kier molecular flexibility index (Phi) is 8.38. The molecule has 0 bridgehead atoms. The minimum atomic E-state index is -0.326. The highest BCUT2D eigenvalue weighted by atomic mass is 32.1. The second-order valence-corrected chi connectivity index (χ2v) is 7.66. The minimum absolute atomic E-state index is 0.110. The standard InChI is InChI=1S/C20H30N6O2S/c1-7-21-20(22-12-15-10-9-11-16(25-15)26(5)6)24-14(4)18-23-13(3)17(29-18)19(27)28-8-2/h9-11,14H,7-8,12H2,1-6H3,(H2,21,22,24). The van der Waals surface area contributed by atoms with E-state index < -0.39 is 0 Å². The molecule has 158 valence electrons. The molecule has 0 saturated heterocycles. The van der Waals surface area contributed by atoms with Gasteiger partial charge in [-0.05, 0) is 39.8 Å². The van der Waals surface area contributed by atoms with Gasteiger partial charge in [0, 0.05) is 20.6 Å². The number of aromatic nitrogens is 2. The summed E-state index contributed by atoms with van der Waals surface area (Å²) >= 11 is 1.35. The second kappa shape index (κ2) is 10.8. The number of aryl methyl sites for hydroxylation is 1. The van der Waals surface area contributed by atoms with Crippen molar-refractivity contribution in [2.45, 2.75) is 40.3 Å². The number of carbonyl (C=O) groups excluding carboxylic acids is 1. The molecule has 0 aliphatic heterocycles. The fraction of sp³-hybridized carbons (Fsp3) is 0.500. The van der Waals surface area contributed by atoms with Crippen LogP contribution in [0.15, 0.2) is 23.2 Å². The number of hydrogen-bond acceptors (Lipinski definition) is 7. The van der Waals surface area contributed by atoms with Crippen molar-refractivity contribution in [3.63, 3.8) is 0 Å². The molecule has 0 spiro atoms. The Morgan fingerprint density at radius 1 is 1.31 bits per heavy atom. The van der Waals surface area contributed by atoms with E-state index >= 15 is 0 Å². The van der Waals surface area contributed by atoms with Crippen LogP contribution >= 0.6 is 11.3 Å². The average Bonchev–Trinajstić information content (AvgIpc) is 3.08. The van der Waals surface area contributed by atoms with E-state index in [0.717, 1.165) is 23.1 Å². The molecule has 1 unspecified atom stereocenters. The van der Waals surface area contributed by atoms with Gasteiger partial charge in [-0.1, -0.05) is 6.07 Å². The lowest BCUT2D eigenvalue weighted by Crippen LogP contribution is -2.38. The molecule has 0 saturated carbocycles. The van der Waals surface area contributed by atoms with E-state index in [1.54, 1.807) is 6.92 Å². The summed E-state index contributed by atoms with van der Waals surface area (Å²) < 4.78 is 5.10. The van der Waals surface area contributed by atoms with E-state index in [2.05, 4.69) is 25.6 Å². The molecule has 0 amide bonds. The Morgan fingerprint density at radius 3 is 2.72 bits per heavy atom. The van der Waals surface area contributed by atoms with Crippen molar-refractivity contribution in [2.75, 3.05) is 32.1 Å². The van der Waals surface area contributed by atoms with E-state index in [9.17, 15) is 4.79 Å². The molecular weight excluding hydrogens is 388 g/mol. The molecular formula is C20H30N6O2S. The zero-order valence-electron chi connectivity index (χ0n) is 17.9. The lowest BCUT2D eigenvalue weighted by molar-refractivity contribution is 0.0531. The molecule has 0 fully saturated rings. The van der Waals surface area contributed by atoms with E-state index in [4.69, 9.17) is 4.74 Å². The number of nitrogens with one attached hydrogen (secondary N) is 2. The van der Waals surface area contributed by atoms with E-state index in [-0.39, 0.29) is 12.0 Å². The Hall–Kier alpha value is -2.68. The van der Waals surface area contributed by atoms with Crippen molar-refractivity contribution in [3.8, 4) is 0 Å². The van der Waals surface area contributed by atoms with Crippen molar-refractivity contribution in [2.24, 2.45) is 4.99 Å². The van der Waals surface area contributed by atoms with Gasteiger partial charge in [-0.15, -0.1) is 11.3 Å². The van der Waals surface area contributed by atoms with Crippen molar-refractivity contribution in [3.05, 3.63) is 39.5 Å². The fourth-order valence-electron chi connectivity index (χ4n) is 2.54. The zero-order valence-corrected chi connectivity index (χ0v) is 18.8. The lowest BCUT2D eigenvalue weighted by atomic mass is 10.3. The number of thiazole rings is 1. The topological polar surface area (TPSA) is 91.7 Å². The highest BCUT2D eigenvalue weighted by Crippen LogP contribution is 2.24. The maximum absolute atomic E-state index is 12.0. The number of anilines is 1. The van der Waals surface area contributed by atoms with Crippen molar-refractivity contribution in [1.29, 1.82) is 0 Å². The van der Waals surface area contributed by atoms with E-state index in [1.807, 2.05) is 58.0 Å². The molecule has 29 heavy (non-hydrogen) atoms. The molecule has 2 N–H and O–H groups in total. The SMILES string of the molecule is CCNC(=NCc1cccc(N(C)C)n1)NC(C)c1nc(C)c(C(=O)OCC)s1. The summed E-state index contributed by atoms with van der Waals surface area (Å²) in [5.74, 6) is 1.24. The number of ether oxygens (including phenoxy) is 1. The van der Waals surface area contributed by atoms with Gasteiger partial charge in [0.15, 0.2) is 5.96 Å². The number of guanidine groups is 1. The maximum atomic E-state index is 12.0. The van der Waals surface area contributed by atoms with Gasteiger partial charge in [-0.3, -0.25) is 0 Å². The van der Waals surface area contributed by atoms with Crippen LogP contribution in [0.2, 0.25) is 0 Å². The van der Waals surface area contributed by atoms with Gasteiger partial charge in [0.25, 0.3) is 0 Å². The molecule has 2 rings (SSSR count). The molecule has 9 heteroatoms. The number of pyridine rings is 1. The van der Waals surface area contributed by atoms with Crippen LogP contribution < -0.4 is 15.5 Å². The van der Waals surface area contributed by atoms with Crippen LogP contribution in [-0.4, -0.2) is 49.1 Å². The van der Waals surface area contributed by atoms with E-state index in [0.29, 0.717) is 29.7 Å². The van der Waals surface area contributed by atoms with Crippen molar-refractivity contribution < 1.29 is 9.53 Å². The number of aliphatic imine (C=N–C) groups is 1. The smallest absolute Gasteiger partial charge is 0.350 e. The van der Waals surface area contributed by atoms with Crippen LogP contribution in [0.5, 0.6) is 0 Å². The quantitative estimate of drug-likeness (QED) is 0.387. The van der Waals surface area contributed by atoms with Gasteiger partial charge >= 0.3 is 5.97 Å². The summed E-state index contributed by atoms with van der Waals surface area (Å²) in [5, 5.41) is 7.40. The summed E-state index contributed by atoms with van der Waals surface area (Å²) in [7, 11) is 3.92.